The van der Waals surface area contributed by atoms with Crippen molar-refractivity contribution in [1.29, 1.82) is 0 Å². The standard InChI is InChI=1S/C25H26BrN3O4.ClH/c1-3-19(27)24(30)28-20-14-33-23-7-5-4-6-21(23)29(25(20)31)13-18-17-10-9-16(26)12-15(17)8-11-22(18)32-2;/h4-12,19-20H,3,13-14,27H2,1-2H3,(H,28,30);1H. The highest BCUT2D eigenvalue weighted by molar-refractivity contribution is 9.10. The predicted molar refractivity (Wildman–Crippen MR) is 139 cm³/mol. The number of nitrogens with one attached hydrogen (secondary N) is 1. The molecular formula is C25H27BrClN3O4. The van der Waals surface area contributed by atoms with Crippen LogP contribution in [-0.4, -0.2) is 37.6 Å². The molecule has 2 atom stereocenters. The Labute approximate surface area is 213 Å². The van der Waals surface area contributed by atoms with Crippen molar-refractivity contribution in [3.8, 4) is 11.5 Å². The van der Waals surface area contributed by atoms with Crippen LogP contribution in [0.5, 0.6) is 11.5 Å². The lowest BCUT2D eigenvalue weighted by Crippen LogP contribution is -2.54. The topological polar surface area (TPSA) is 93.9 Å². The third-order valence-electron chi connectivity index (χ3n) is 5.81. The summed E-state index contributed by atoms with van der Waals surface area (Å²) < 4.78 is 12.5. The van der Waals surface area contributed by atoms with Crippen LogP contribution in [0.25, 0.3) is 10.8 Å². The molecule has 0 fully saturated rings. The molecule has 0 saturated carbocycles. The number of rotatable bonds is 6. The van der Waals surface area contributed by atoms with Crippen molar-refractivity contribution in [1.82, 2.24) is 5.32 Å². The number of anilines is 1. The first kappa shape index (κ1) is 25.8. The number of nitrogens with two attached hydrogens (primary N) is 1. The summed E-state index contributed by atoms with van der Waals surface area (Å²) in [7, 11) is 1.61. The van der Waals surface area contributed by atoms with Crippen LogP contribution < -0.4 is 25.4 Å². The number of benzene rings is 3. The Morgan fingerprint density at radius 2 is 2.03 bits per heavy atom. The molecule has 0 saturated heterocycles. The quantitative estimate of drug-likeness (QED) is 0.482. The molecule has 3 aromatic carbocycles. The molecule has 0 spiro atoms. The molecular weight excluding hydrogens is 522 g/mol. The van der Waals surface area contributed by atoms with Crippen LogP contribution in [0.3, 0.4) is 0 Å². The molecule has 0 bridgehead atoms. The van der Waals surface area contributed by atoms with E-state index in [0.717, 1.165) is 20.8 Å². The molecule has 3 N–H and O–H groups in total. The van der Waals surface area contributed by atoms with E-state index in [9.17, 15) is 9.59 Å². The Morgan fingerprint density at radius 1 is 1.26 bits per heavy atom. The monoisotopic (exact) mass is 547 g/mol. The first-order valence-electron chi connectivity index (χ1n) is 10.8. The number of carbonyl (C=O) groups excluding carboxylic acids is 2. The summed E-state index contributed by atoms with van der Waals surface area (Å²) in [4.78, 5) is 27.8. The Bertz CT molecular complexity index is 1210. The van der Waals surface area contributed by atoms with Crippen LogP contribution in [0.2, 0.25) is 0 Å². The molecule has 34 heavy (non-hydrogen) atoms. The van der Waals surface area contributed by atoms with Crippen LogP contribution >= 0.6 is 28.3 Å². The van der Waals surface area contributed by atoms with E-state index in [0.29, 0.717) is 23.6 Å². The molecule has 1 heterocycles. The van der Waals surface area contributed by atoms with Gasteiger partial charge in [0.25, 0.3) is 5.91 Å². The second kappa shape index (κ2) is 11.1. The smallest absolute Gasteiger partial charge is 0.253 e. The number of carbonyl (C=O) groups is 2. The number of hydrogen-bond donors (Lipinski definition) is 2. The number of halogens is 2. The van der Waals surface area contributed by atoms with Crippen molar-refractivity contribution in [2.45, 2.75) is 32.0 Å². The van der Waals surface area contributed by atoms with Gasteiger partial charge in [-0.1, -0.05) is 47.1 Å². The minimum atomic E-state index is -0.863. The van der Waals surface area contributed by atoms with E-state index in [-0.39, 0.29) is 37.4 Å². The summed E-state index contributed by atoms with van der Waals surface area (Å²) in [5, 5.41) is 4.76. The van der Waals surface area contributed by atoms with Gasteiger partial charge >= 0.3 is 0 Å². The highest BCUT2D eigenvalue weighted by Gasteiger charge is 2.34. The van der Waals surface area contributed by atoms with Gasteiger partial charge in [-0.15, -0.1) is 12.4 Å². The van der Waals surface area contributed by atoms with Gasteiger partial charge in [0.05, 0.1) is 25.4 Å². The van der Waals surface area contributed by atoms with Crippen LogP contribution in [0, 0.1) is 0 Å². The number of para-hydroxylation sites is 2. The number of nitrogens with zero attached hydrogens (tertiary/aromatic N) is 1. The van der Waals surface area contributed by atoms with E-state index in [1.54, 1.807) is 12.0 Å². The summed E-state index contributed by atoms with van der Waals surface area (Å²) in [6, 6.07) is 15.7. The van der Waals surface area contributed by atoms with Gasteiger partial charge in [0.1, 0.15) is 24.1 Å². The van der Waals surface area contributed by atoms with E-state index in [1.807, 2.05) is 61.5 Å². The fourth-order valence-corrected chi connectivity index (χ4v) is 4.32. The second-order valence-corrected chi connectivity index (χ2v) is 8.81. The van der Waals surface area contributed by atoms with Crippen molar-refractivity contribution in [2.24, 2.45) is 5.73 Å². The molecule has 2 unspecified atom stereocenters. The van der Waals surface area contributed by atoms with E-state index in [4.69, 9.17) is 15.2 Å². The lowest BCUT2D eigenvalue weighted by atomic mass is 10.0. The summed E-state index contributed by atoms with van der Waals surface area (Å²) in [6.45, 7) is 2.09. The zero-order valence-corrected chi connectivity index (χ0v) is 21.3. The Hall–Kier alpha value is -2.81. The van der Waals surface area contributed by atoms with Gasteiger partial charge in [-0.3, -0.25) is 9.59 Å². The third-order valence-corrected chi connectivity index (χ3v) is 6.30. The van der Waals surface area contributed by atoms with Crippen LogP contribution in [-0.2, 0) is 16.1 Å². The zero-order valence-electron chi connectivity index (χ0n) is 18.9. The lowest BCUT2D eigenvalue weighted by Gasteiger charge is -2.26. The average Bonchev–Trinajstić information content (AvgIpc) is 2.95. The maximum atomic E-state index is 13.7. The van der Waals surface area contributed by atoms with Crippen molar-refractivity contribution < 1.29 is 19.1 Å². The van der Waals surface area contributed by atoms with Gasteiger partial charge in [0.15, 0.2) is 0 Å². The van der Waals surface area contributed by atoms with Gasteiger partial charge < -0.3 is 25.4 Å². The van der Waals surface area contributed by atoms with E-state index >= 15 is 0 Å². The molecule has 9 heteroatoms. The lowest BCUT2D eigenvalue weighted by molar-refractivity contribution is -0.128. The van der Waals surface area contributed by atoms with Crippen molar-refractivity contribution >= 4 is 56.6 Å². The number of amides is 2. The minimum Gasteiger partial charge on any atom is -0.496 e. The molecule has 1 aliphatic rings. The van der Waals surface area contributed by atoms with Crippen molar-refractivity contribution in [2.75, 3.05) is 18.6 Å². The van der Waals surface area contributed by atoms with Gasteiger partial charge in [-0.2, -0.15) is 0 Å². The molecule has 3 aromatic rings. The Morgan fingerprint density at radius 3 is 2.76 bits per heavy atom. The largest absolute Gasteiger partial charge is 0.496 e. The fourth-order valence-electron chi connectivity index (χ4n) is 3.94. The van der Waals surface area contributed by atoms with E-state index < -0.39 is 12.1 Å². The summed E-state index contributed by atoms with van der Waals surface area (Å²) in [5.74, 6) is 0.601. The zero-order chi connectivity index (χ0) is 23.5. The molecule has 0 radical (unpaired) electrons. The summed E-state index contributed by atoms with van der Waals surface area (Å²) in [5.41, 5.74) is 7.37. The predicted octanol–water partition coefficient (Wildman–Crippen LogP) is 4.18. The van der Waals surface area contributed by atoms with Gasteiger partial charge in [-0.25, -0.2) is 0 Å². The van der Waals surface area contributed by atoms with Crippen LogP contribution in [0.15, 0.2) is 59.1 Å². The highest BCUT2D eigenvalue weighted by Crippen LogP contribution is 2.36. The molecule has 0 aliphatic carbocycles. The first-order chi connectivity index (χ1) is 15.9. The van der Waals surface area contributed by atoms with Gasteiger partial charge in [-0.05, 0) is 47.5 Å². The average molecular weight is 549 g/mol. The molecule has 180 valence electrons. The fraction of sp³-hybridized carbons (Fsp3) is 0.280. The van der Waals surface area contributed by atoms with Gasteiger partial charge in [0, 0.05) is 10.0 Å². The maximum absolute atomic E-state index is 13.7. The second-order valence-electron chi connectivity index (χ2n) is 7.89. The van der Waals surface area contributed by atoms with E-state index in [2.05, 4.69) is 21.2 Å². The highest BCUT2D eigenvalue weighted by atomic mass is 79.9. The van der Waals surface area contributed by atoms with Crippen LogP contribution in [0.1, 0.15) is 18.9 Å². The Balaban J connectivity index is 0.00000324. The molecule has 7 nitrogen and oxygen atoms in total. The summed E-state index contributed by atoms with van der Waals surface area (Å²) >= 11 is 3.52. The SMILES string of the molecule is CCC(N)C(=O)NC1COc2ccccc2N(Cc2c(OC)ccc3cc(Br)ccc23)C1=O.Cl. The summed E-state index contributed by atoms with van der Waals surface area (Å²) in [6.07, 6.45) is 0.473. The molecule has 2 amide bonds. The minimum absolute atomic E-state index is 0. The number of ether oxygens (including phenoxy) is 2. The number of methoxy groups -OCH3 is 1. The van der Waals surface area contributed by atoms with Crippen molar-refractivity contribution in [3.63, 3.8) is 0 Å². The normalized spacial score (nSPS) is 16.1. The Kier molecular flexibility index (Phi) is 8.41. The third kappa shape index (κ3) is 5.14. The van der Waals surface area contributed by atoms with Crippen LogP contribution in [0.4, 0.5) is 5.69 Å². The van der Waals surface area contributed by atoms with Gasteiger partial charge in [0.2, 0.25) is 5.91 Å². The first-order valence-corrected chi connectivity index (χ1v) is 11.6. The van der Waals surface area contributed by atoms with E-state index in [1.165, 1.54) is 0 Å². The molecule has 1 aliphatic heterocycles. The maximum Gasteiger partial charge on any atom is 0.253 e. The molecule has 0 aromatic heterocycles. The number of fused-ring (bicyclic) bond motifs is 2. The molecule has 4 rings (SSSR count). The van der Waals surface area contributed by atoms with Crippen molar-refractivity contribution in [3.05, 3.63) is 64.6 Å². The number of hydrogen-bond acceptors (Lipinski definition) is 5.